The van der Waals surface area contributed by atoms with Crippen LogP contribution in [0.25, 0.3) is 6.08 Å². The van der Waals surface area contributed by atoms with E-state index in [-0.39, 0.29) is 0 Å². The predicted molar refractivity (Wildman–Crippen MR) is 111 cm³/mol. The third-order valence-corrected chi connectivity index (χ3v) is 3.60. The van der Waals surface area contributed by atoms with E-state index < -0.39 is 0 Å². The van der Waals surface area contributed by atoms with Crippen molar-refractivity contribution < 1.29 is 4.79 Å². The molecule has 2 heteroatoms. The lowest BCUT2D eigenvalue weighted by Crippen LogP contribution is -2.19. The van der Waals surface area contributed by atoms with Crippen molar-refractivity contribution in [1.82, 2.24) is 0 Å². The van der Waals surface area contributed by atoms with Gasteiger partial charge in [-0.25, -0.2) is 0 Å². The van der Waals surface area contributed by atoms with Gasteiger partial charge in [0.2, 0.25) is 0 Å². The number of carbonyl (C=O) groups is 1. The molecule has 1 aromatic rings. The summed E-state index contributed by atoms with van der Waals surface area (Å²) in [6.07, 6.45) is 7.69. The summed E-state index contributed by atoms with van der Waals surface area (Å²) < 4.78 is 0. The standard InChI is InChI=1S/C16H19BO.3C2H6/c17-11-5-9-14-8-4-10-16(18)15(14)12-13-6-2-1-3-7-13;3*1-2/h1-3,6-7,12,14H,4-5,8-11H2;3*1-2H3/b15-12+;;;. The van der Waals surface area contributed by atoms with Crippen LogP contribution in [-0.2, 0) is 4.79 Å². The van der Waals surface area contributed by atoms with Crippen LogP contribution in [0.2, 0.25) is 6.32 Å². The Morgan fingerprint density at radius 2 is 1.62 bits per heavy atom. The van der Waals surface area contributed by atoms with Crippen molar-refractivity contribution in [1.29, 1.82) is 0 Å². The molecule has 0 N–H and O–H groups in total. The van der Waals surface area contributed by atoms with Crippen molar-refractivity contribution in [3.05, 3.63) is 41.5 Å². The highest BCUT2D eigenvalue weighted by atomic mass is 16.1. The second kappa shape index (κ2) is 18.0. The molecule has 1 nitrogen and oxygen atoms in total. The lowest BCUT2D eigenvalue weighted by molar-refractivity contribution is -0.117. The topological polar surface area (TPSA) is 17.1 Å². The molecular formula is C22H37BO. The average Bonchev–Trinajstić information content (AvgIpc) is 2.68. The summed E-state index contributed by atoms with van der Waals surface area (Å²) in [5.41, 5.74) is 2.14. The van der Waals surface area contributed by atoms with Gasteiger partial charge in [0.25, 0.3) is 0 Å². The summed E-state index contributed by atoms with van der Waals surface area (Å²) in [6, 6.07) is 10.1. The Kier molecular flexibility index (Phi) is 18.7. The fraction of sp³-hybridized carbons (Fsp3) is 0.591. The first-order chi connectivity index (χ1) is 11.8. The normalized spacial score (nSPS) is 17.5. The van der Waals surface area contributed by atoms with Crippen molar-refractivity contribution in [2.24, 2.45) is 5.92 Å². The van der Waals surface area contributed by atoms with E-state index in [9.17, 15) is 4.79 Å². The zero-order valence-electron chi connectivity index (χ0n) is 16.8. The maximum atomic E-state index is 12.1. The van der Waals surface area contributed by atoms with Crippen LogP contribution in [0.3, 0.4) is 0 Å². The van der Waals surface area contributed by atoms with Crippen molar-refractivity contribution in [2.45, 2.75) is 80.0 Å². The van der Waals surface area contributed by atoms with Gasteiger partial charge in [-0.3, -0.25) is 4.79 Å². The molecule has 1 atom stereocenters. The summed E-state index contributed by atoms with van der Waals surface area (Å²) in [5, 5.41) is 0. The highest BCUT2D eigenvalue weighted by Crippen LogP contribution is 2.32. The molecule has 0 aromatic heterocycles. The molecule has 0 saturated heterocycles. The average molecular weight is 328 g/mol. The number of benzene rings is 1. The Morgan fingerprint density at radius 1 is 1.04 bits per heavy atom. The summed E-state index contributed by atoms with van der Waals surface area (Å²) in [6.45, 7) is 12.0. The zero-order chi connectivity index (χ0) is 18.8. The number of rotatable bonds is 4. The lowest BCUT2D eigenvalue weighted by atomic mass is 9.79. The fourth-order valence-corrected chi connectivity index (χ4v) is 2.63. The summed E-state index contributed by atoms with van der Waals surface area (Å²) in [5.74, 6) is 0.738. The van der Waals surface area contributed by atoms with Gasteiger partial charge in [0.1, 0.15) is 0 Å². The quantitative estimate of drug-likeness (QED) is 0.434. The van der Waals surface area contributed by atoms with Crippen LogP contribution in [0.5, 0.6) is 0 Å². The van der Waals surface area contributed by atoms with Crippen molar-refractivity contribution in [3.63, 3.8) is 0 Å². The number of hydrogen-bond donors (Lipinski definition) is 0. The molecule has 134 valence electrons. The molecule has 0 heterocycles. The Labute approximate surface area is 152 Å². The summed E-state index contributed by atoms with van der Waals surface area (Å²) in [7, 11) is 5.57. The van der Waals surface area contributed by atoms with Crippen molar-refractivity contribution in [3.8, 4) is 0 Å². The van der Waals surface area contributed by atoms with Crippen LogP contribution < -0.4 is 0 Å². The first kappa shape index (κ1) is 24.9. The van der Waals surface area contributed by atoms with Crippen LogP contribution in [0, 0.1) is 5.92 Å². The van der Waals surface area contributed by atoms with Gasteiger partial charge in [0, 0.05) is 6.42 Å². The smallest absolute Gasteiger partial charge is 0.159 e. The minimum atomic E-state index is 0.326. The van der Waals surface area contributed by atoms with Gasteiger partial charge >= 0.3 is 0 Å². The van der Waals surface area contributed by atoms with E-state index in [0.29, 0.717) is 24.4 Å². The van der Waals surface area contributed by atoms with Gasteiger partial charge in [-0.15, -0.1) is 0 Å². The third kappa shape index (κ3) is 9.75. The van der Waals surface area contributed by atoms with E-state index in [4.69, 9.17) is 7.85 Å². The molecule has 0 amide bonds. The van der Waals surface area contributed by atoms with Gasteiger partial charge in [-0.2, -0.15) is 0 Å². The Balaban J connectivity index is 0. The molecule has 24 heavy (non-hydrogen) atoms. The largest absolute Gasteiger partial charge is 0.295 e. The van der Waals surface area contributed by atoms with Crippen molar-refractivity contribution in [2.75, 3.05) is 0 Å². The van der Waals surface area contributed by atoms with Crippen LogP contribution in [-0.4, -0.2) is 13.6 Å². The minimum absolute atomic E-state index is 0.326. The molecule has 2 radical (unpaired) electrons. The first-order valence-electron chi connectivity index (χ1n) is 9.81. The Hall–Kier alpha value is -1.31. The van der Waals surface area contributed by atoms with Crippen LogP contribution in [0.4, 0.5) is 0 Å². The van der Waals surface area contributed by atoms with Gasteiger partial charge < -0.3 is 0 Å². The number of hydrogen-bond acceptors (Lipinski definition) is 1. The molecular weight excluding hydrogens is 291 g/mol. The van der Waals surface area contributed by atoms with Gasteiger partial charge in [0.05, 0.1) is 7.85 Å². The SMILES string of the molecule is CC.CC.CC.[B]CCCC1CCCC(=O)/C1=C/c1ccccc1. The molecule has 1 unspecified atom stereocenters. The number of ketones is 1. The molecule has 0 spiro atoms. The molecule has 1 aliphatic carbocycles. The fourth-order valence-electron chi connectivity index (χ4n) is 2.63. The van der Waals surface area contributed by atoms with E-state index in [2.05, 4.69) is 18.2 Å². The number of Topliss-reactive ketones (excluding diaryl/α,β-unsaturated/α-hetero) is 1. The van der Waals surface area contributed by atoms with Crippen molar-refractivity contribution >= 4 is 19.7 Å². The third-order valence-electron chi connectivity index (χ3n) is 3.60. The molecule has 1 saturated carbocycles. The molecule has 1 aliphatic rings. The lowest BCUT2D eigenvalue weighted by Gasteiger charge is -2.24. The van der Waals surface area contributed by atoms with Crippen LogP contribution in [0.1, 0.15) is 79.2 Å². The molecule has 1 aromatic carbocycles. The van der Waals surface area contributed by atoms with E-state index in [1.165, 1.54) is 0 Å². The van der Waals surface area contributed by atoms with E-state index in [1.807, 2.05) is 59.7 Å². The molecule has 2 rings (SSSR count). The Bertz CT molecular complexity index is 423. The van der Waals surface area contributed by atoms with Crippen LogP contribution in [0.15, 0.2) is 35.9 Å². The summed E-state index contributed by atoms with van der Waals surface area (Å²) in [4.78, 5) is 12.1. The molecule has 1 fully saturated rings. The highest BCUT2D eigenvalue weighted by molar-refractivity contribution is 6.08. The second-order valence-electron chi connectivity index (χ2n) is 4.95. The summed E-state index contributed by atoms with van der Waals surface area (Å²) >= 11 is 0. The van der Waals surface area contributed by atoms with E-state index in [0.717, 1.165) is 36.8 Å². The number of carbonyl (C=O) groups excluding carboxylic acids is 1. The Morgan fingerprint density at radius 3 is 2.17 bits per heavy atom. The van der Waals surface area contributed by atoms with Gasteiger partial charge in [0.15, 0.2) is 5.78 Å². The second-order valence-corrected chi connectivity index (χ2v) is 4.95. The van der Waals surface area contributed by atoms with Gasteiger partial charge in [-0.05, 0) is 42.4 Å². The van der Waals surface area contributed by atoms with E-state index in [1.54, 1.807) is 0 Å². The maximum Gasteiger partial charge on any atom is 0.159 e. The van der Waals surface area contributed by atoms with Crippen LogP contribution >= 0.6 is 0 Å². The van der Waals surface area contributed by atoms with Gasteiger partial charge in [-0.1, -0.05) is 84.6 Å². The predicted octanol–water partition coefficient (Wildman–Crippen LogP) is 6.88. The number of allylic oxidation sites excluding steroid dienone is 1. The monoisotopic (exact) mass is 328 g/mol. The molecule has 0 aliphatic heterocycles. The van der Waals surface area contributed by atoms with E-state index >= 15 is 0 Å². The highest BCUT2D eigenvalue weighted by Gasteiger charge is 2.24. The maximum absolute atomic E-state index is 12.1. The minimum Gasteiger partial charge on any atom is -0.295 e. The first-order valence-corrected chi connectivity index (χ1v) is 9.81. The zero-order valence-corrected chi connectivity index (χ0v) is 16.8. The molecule has 0 bridgehead atoms.